The Morgan fingerprint density at radius 2 is 2.00 bits per heavy atom. The van der Waals surface area contributed by atoms with Gasteiger partial charge in [0.2, 0.25) is 10.0 Å². The molecule has 1 N–H and O–H groups in total. The van der Waals surface area contributed by atoms with Crippen LogP contribution in [0.3, 0.4) is 0 Å². The summed E-state index contributed by atoms with van der Waals surface area (Å²) in [5, 5.41) is 3.10. The molecule has 0 spiro atoms. The molecule has 0 bridgehead atoms. The summed E-state index contributed by atoms with van der Waals surface area (Å²) < 4.78 is 23.5. The molecule has 0 aliphatic heterocycles. The van der Waals surface area contributed by atoms with E-state index in [2.05, 4.69) is 5.32 Å². The first-order valence-corrected chi connectivity index (χ1v) is 7.99. The van der Waals surface area contributed by atoms with Gasteiger partial charge in [-0.3, -0.25) is 4.79 Å². The third-order valence-corrected chi connectivity index (χ3v) is 4.26. The Morgan fingerprint density at radius 3 is 2.58 bits per heavy atom. The van der Waals surface area contributed by atoms with Crippen LogP contribution in [0.4, 0.5) is 0 Å². The molecular formula is C12H17ClN2O3S. The van der Waals surface area contributed by atoms with E-state index >= 15 is 0 Å². The Bertz CT molecular complexity index is 546. The molecule has 0 aliphatic carbocycles. The number of hydrogen-bond donors (Lipinski definition) is 1. The Kier molecular flexibility index (Phi) is 5.78. The number of halogens is 1. The molecule has 7 heteroatoms. The average Bonchev–Trinajstić information content (AvgIpc) is 2.33. The van der Waals surface area contributed by atoms with Gasteiger partial charge in [0.05, 0.1) is 16.8 Å². The monoisotopic (exact) mass is 304 g/mol. The van der Waals surface area contributed by atoms with Crippen LogP contribution >= 0.6 is 11.6 Å². The minimum absolute atomic E-state index is 0.257. The number of carbonyl (C=O) groups excluding carboxylic acids is 1. The molecule has 0 saturated heterocycles. The average molecular weight is 305 g/mol. The molecule has 1 amide bonds. The summed E-state index contributed by atoms with van der Waals surface area (Å²) in [4.78, 5) is 11.8. The normalized spacial score (nSPS) is 11.6. The van der Waals surface area contributed by atoms with E-state index < -0.39 is 10.0 Å². The number of benzene rings is 1. The highest BCUT2D eigenvalue weighted by Crippen LogP contribution is 2.14. The molecule has 5 nitrogen and oxygen atoms in total. The largest absolute Gasteiger partial charge is 0.352 e. The molecule has 1 aromatic rings. The van der Waals surface area contributed by atoms with Crippen molar-refractivity contribution in [1.29, 1.82) is 0 Å². The lowest BCUT2D eigenvalue weighted by Crippen LogP contribution is -2.31. The van der Waals surface area contributed by atoms with Crippen LogP contribution in [-0.2, 0) is 10.0 Å². The topological polar surface area (TPSA) is 66.5 Å². The van der Waals surface area contributed by atoms with Crippen molar-refractivity contribution in [3.63, 3.8) is 0 Å². The minimum atomic E-state index is -3.16. The third-order valence-electron chi connectivity index (χ3n) is 2.62. The fraction of sp³-hybridized carbons (Fsp3) is 0.417. The van der Waals surface area contributed by atoms with Crippen molar-refractivity contribution in [3.8, 4) is 0 Å². The van der Waals surface area contributed by atoms with Gasteiger partial charge in [0.15, 0.2) is 0 Å². The van der Waals surface area contributed by atoms with E-state index in [0.717, 1.165) is 6.26 Å². The van der Waals surface area contributed by atoms with Crippen molar-refractivity contribution in [2.75, 3.05) is 26.4 Å². The summed E-state index contributed by atoms with van der Waals surface area (Å²) in [6, 6.07) is 6.77. The number of rotatable bonds is 6. The third kappa shape index (κ3) is 5.18. The molecule has 0 heterocycles. The zero-order chi connectivity index (χ0) is 14.5. The second kappa shape index (κ2) is 6.88. The maximum atomic E-state index is 11.8. The second-order valence-electron chi connectivity index (χ2n) is 4.17. The van der Waals surface area contributed by atoms with Crippen LogP contribution in [-0.4, -0.2) is 45.0 Å². The maximum Gasteiger partial charge on any atom is 0.252 e. The lowest BCUT2D eigenvalue weighted by atomic mass is 10.2. The maximum absolute atomic E-state index is 11.8. The zero-order valence-corrected chi connectivity index (χ0v) is 12.5. The number of amides is 1. The van der Waals surface area contributed by atoms with Crippen molar-refractivity contribution < 1.29 is 13.2 Å². The lowest BCUT2D eigenvalue weighted by Gasteiger charge is -2.14. The molecule has 1 rings (SSSR count). The van der Waals surface area contributed by atoms with E-state index in [1.165, 1.54) is 11.4 Å². The summed E-state index contributed by atoms with van der Waals surface area (Å²) in [5.41, 5.74) is 0.417. The summed E-state index contributed by atoms with van der Waals surface area (Å²) in [5.74, 6) is -0.257. The van der Waals surface area contributed by atoms with Gasteiger partial charge in [-0.05, 0) is 18.6 Å². The van der Waals surface area contributed by atoms with Gasteiger partial charge in [0.25, 0.3) is 5.91 Å². The summed E-state index contributed by atoms with van der Waals surface area (Å²) in [6.45, 7) is 0.756. The number of sulfonamides is 1. The molecule has 0 atom stereocenters. The summed E-state index contributed by atoms with van der Waals surface area (Å²) >= 11 is 5.89. The van der Waals surface area contributed by atoms with E-state index in [9.17, 15) is 13.2 Å². The molecular weight excluding hydrogens is 288 g/mol. The fourth-order valence-corrected chi connectivity index (χ4v) is 2.09. The zero-order valence-electron chi connectivity index (χ0n) is 10.9. The first kappa shape index (κ1) is 15.9. The molecule has 0 unspecified atom stereocenters. The van der Waals surface area contributed by atoms with Crippen LogP contribution in [0.15, 0.2) is 24.3 Å². The van der Waals surface area contributed by atoms with Crippen molar-refractivity contribution in [1.82, 2.24) is 9.62 Å². The van der Waals surface area contributed by atoms with Crippen LogP contribution < -0.4 is 5.32 Å². The van der Waals surface area contributed by atoms with Gasteiger partial charge in [0, 0.05) is 20.1 Å². The highest BCUT2D eigenvalue weighted by Gasteiger charge is 2.11. The number of nitrogens with zero attached hydrogens (tertiary/aromatic N) is 1. The van der Waals surface area contributed by atoms with Crippen molar-refractivity contribution in [2.24, 2.45) is 0 Å². The molecule has 1 aromatic carbocycles. The number of hydrogen-bond acceptors (Lipinski definition) is 3. The van der Waals surface area contributed by atoms with Crippen LogP contribution in [0.2, 0.25) is 5.02 Å². The van der Waals surface area contributed by atoms with Gasteiger partial charge >= 0.3 is 0 Å². The van der Waals surface area contributed by atoms with Crippen LogP contribution in [0.25, 0.3) is 0 Å². The quantitative estimate of drug-likeness (QED) is 0.807. The van der Waals surface area contributed by atoms with E-state index in [1.807, 2.05) is 0 Å². The highest BCUT2D eigenvalue weighted by molar-refractivity contribution is 7.88. The SMILES string of the molecule is CN(CCCNC(=O)c1ccccc1Cl)S(C)(=O)=O. The van der Waals surface area contributed by atoms with E-state index in [-0.39, 0.29) is 5.91 Å². The highest BCUT2D eigenvalue weighted by atomic mass is 35.5. The molecule has 0 radical (unpaired) electrons. The van der Waals surface area contributed by atoms with Gasteiger partial charge in [-0.15, -0.1) is 0 Å². The van der Waals surface area contributed by atoms with Gasteiger partial charge < -0.3 is 5.32 Å². The van der Waals surface area contributed by atoms with Crippen molar-refractivity contribution >= 4 is 27.5 Å². The Balaban J connectivity index is 2.39. The fourth-order valence-electron chi connectivity index (χ4n) is 1.41. The second-order valence-corrected chi connectivity index (χ2v) is 6.67. The van der Waals surface area contributed by atoms with E-state index in [0.29, 0.717) is 30.1 Å². The first-order chi connectivity index (χ1) is 8.82. The van der Waals surface area contributed by atoms with Gasteiger partial charge in [-0.2, -0.15) is 0 Å². The van der Waals surface area contributed by atoms with Crippen molar-refractivity contribution in [2.45, 2.75) is 6.42 Å². The van der Waals surface area contributed by atoms with E-state index in [4.69, 9.17) is 11.6 Å². The predicted octanol–water partition coefficient (Wildman–Crippen LogP) is 1.35. The molecule has 19 heavy (non-hydrogen) atoms. The standard InChI is InChI=1S/C12H17ClN2O3S/c1-15(19(2,17)18)9-5-8-14-12(16)10-6-3-4-7-11(10)13/h3-4,6-7H,5,8-9H2,1-2H3,(H,14,16). The minimum Gasteiger partial charge on any atom is -0.352 e. The Morgan fingerprint density at radius 1 is 1.37 bits per heavy atom. The lowest BCUT2D eigenvalue weighted by molar-refractivity contribution is 0.0953. The van der Waals surface area contributed by atoms with E-state index in [1.54, 1.807) is 24.3 Å². The molecule has 0 saturated carbocycles. The summed E-state index contributed by atoms with van der Waals surface area (Å²) in [6.07, 6.45) is 1.69. The smallest absolute Gasteiger partial charge is 0.252 e. The Hall–Kier alpha value is -1.11. The molecule has 0 aromatic heterocycles. The van der Waals surface area contributed by atoms with Gasteiger partial charge in [-0.25, -0.2) is 12.7 Å². The molecule has 106 valence electrons. The molecule has 0 fully saturated rings. The number of nitrogens with one attached hydrogen (secondary N) is 1. The number of carbonyl (C=O) groups is 1. The molecule has 0 aliphatic rings. The Labute approximate surface area is 118 Å². The van der Waals surface area contributed by atoms with Gasteiger partial charge in [-0.1, -0.05) is 23.7 Å². The van der Waals surface area contributed by atoms with Gasteiger partial charge in [0.1, 0.15) is 0 Å². The predicted molar refractivity (Wildman–Crippen MR) is 75.9 cm³/mol. The first-order valence-electron chi connectivity index (χ1n) is 5.76. The summed E-state index contributed by atoms with van der Waals surface area (Å²) in [7, 11) is -1.66. The van der Waals surface area contributed by atoms with Crippen molar-refractivity contribution in [3.05, 3.63) is 34.9 Å². The van der Waals surface area contributed by atoms with Crippen LogP contribution in [0.5, 0.6) is 0 Å². The van der Waals surface area contributed by atoms with Crippen LogP contribution in [0.1, 0.15) is 16.8 Å². The van der Waals surface area contributed by atoms with Crippen LogP contribution in [0, 0.1) is 0 Å².